The van der Waals surface area contributed by atoms with E-state index >= 15 is 0 Å². The highest BCUT2D eigenvalue weighted by Gasteiger charge is 2.15. The van der Waals surface area contributed by atoms with E-state index < -0.39 is 16.1 Å². The normalized spacial score (nSPS) is 13.6. The molecule has 1 aromatic carbocycles. The molecule has 4 nitrogen and oxygen atoms in total. The van der Waals surface area contributed by atoms with Gasteiger partial charge in [0.15, 0.2) is 0 Å². The molecule has 0 aliphatic rings. The van der Waals surface area contributed by atoms with Gasteiger partial charge in [-0.15, -0.1) is 0 Å². The molecule has 0 heterocycles. The number of aliphatic hydroxyl groups excluding tert-OH is 1. The van der Waals surface area contributed by atoms with E-state index in [9.17, 15) is 13.5 Å². The average Bonchev–Trinajstić information content (AvgIpc) is 2.28. The maximum atomic E-state index is 11.8. The van der Waals surface area contributed by atoms with Gasteiger partial charge < -0.3 is 5.11 Å². The van der Waals surface area contributed by atoms with Crippen molar-refractivity contribution in [3.63, 3.8) is 0 Å². The lowest BCUT2D eigenvalue weighted by molar-refractivity contribution is 0.167. The summed E-state index contributed by atoms with van der Waals surface area (Å²) in [5.74, 6) is 0. The Morgan fingerprint density at radius 1 is 1.35 bits per heavy atom. The summed E-state index contributed by atoms with van der Waals surface area (Å²) in [6.07, 6.45) is 0.731. The van der Waals surface area contributed by atoms with Crippen LogP contribution in [-0.2, 0) is 10.0 Å². The van der Waals surface area contributed by atoms with Gasteiger partial charge in [0.05, 0.1) is 11.0 Å². The SMILES string of the molecule is CCCC(O)CNS(=O)(=O)c1ccc(Cl)cc1. The fourth-order valence-corrected chi connectivity index (χ4v) is 2.54. The fraction of sp³-hybridized carbons (Fsp3) is 0.455. The molecule has 17 heavy (non-hydrogen) atoms. The number of sulfonamides is 1. The standard InChI is InChI=1S/C11H16ClNO3S/c1-2-3-10(14)8-13-17(15,16)11-6-4-9(12)5-7-11/h4-7,10,13-14H,2-3,8H2,1H3. The fourth-order valence-electron chi connectivity index (χ4n) is 1.34. The summed E-state index contributed by atoms with van der Waals surface area (Å²) in [6, 6.07) is 5.88. The molecule has 0 saturated carbocycles. The predicted molar refractivity (Wildman–Crippen MR) is 67.6 cm³/mol. The minimum absolute atomic E-state index is 0.0266. The van der Waals surface area contributed by atoms with Crippen LogP contribution in [0.3, 0.4) is 0 Å². The van der Waals surface area contributed by atoms with Crippen LogP contribution in [0.25, 0.3) is 0 Å². The van der Waals surface area contributed by atoms with Crippen LogP contribution in [-0.4, -0.2) is 26.2 Å². The summed E-state index contributed by atoms with van der Waals surface area (Å²) in [6.45, 7) is 1.95. The van der Waals surface area contributed by atoms with Crippen molar-refractivity contribution in [1.29, 1.82) is 0 Å². The van der Waals surface area contributed by atoms with Crippen LogP contribution in [0.4, 0.5) is 0 Å². The van der Waals surface area contributed by atoms with E-state index in [1.807, 2.05) is 6.92 Å². The van der Waals surface area contributed by atoms with Crippen LogP contribution in [0.15, 0.2) is 29.2 Å². The molecule has 1 aromatic rings. The van der Waals surface area contributed by atoms with Crippen molar-refractivity contribution < 1.29 is 13.5 Å². The molecule has 0 saturated heterocycles. The lowest BCUT2D eigenvalue weighted by Gasteiger charge is -2.11. The Morgan fingerprint density at radius 2 is 1.94 bits per heavy atom. The molecular weight excluding hydrogens is 262 g/mol. The van der Waals surface area contributed by atoms with Crippen molar-refractivity contribution in [3.05, 3.63) is 29.3 Å². The first-order chi connectivity index (χ1) is 7.95. The highest BCUT2D eigenvalue weighted by atomic mass is 35.5. The molecule has 0 aliphatic heterocycles. The Hall–Kier alpha value is -0.620. The molecule has 0 fully saturated rings. The van der Waals surface area contributed by atoms with Crippen LogP contribution in [0.1, 0.15) is 19.8 Å². The topological polar surface area (TPSA) is 66.4 Å². The lowest BCUT2D eigenvalue weighted by Crippen LogP contribution is -2.32. The molecule has 1 rings (SSSR count). The quantitative estimate of drug-likeness (QED) is 0.833. The molecule has 1 atom stereocenters. The minimum Gasteiger partial charge on any atom is -0.392 e. The van der Waals surface area contributed by atoms with Gasteiger partial charge in [0.2, 0.25) is 10.0 Å². The molecule has 6 heteroatoms. The molecule has 0 amide bonds. The monoisotopic (exact) mass is 277 g/mol. The van der Waals surface area contributed by atoms with E-state index in [4.69, 9.17) is 11.6 Å². The van der Waals surface area contributed by atoms with Gasteiger partial charge in [0.25, 0.3) is 0 Å². The molecule has 0 aromatic heterocycles. The van der Waals surface area contributed by atoms with E-state index in [-0.39, 0.29) is 11.4 Å². The number of benzene rings is 1. The maximum absolute atomic E-state index is 11.8. The number of rotatable bonds is 6. The maximum Gasteiger partial charge on any atom is 0.240 e. The third-order valence-electron chi connectivity index (χ3n) is 2.25. The van der Waals surface area contributed by atoms with E-state index in [1.54, 1.807) is 0 Å². The molecular formula is C11H16ClNO3S. The molecule has 0 spiro atoms. The second-order valence-electron chi connectivity index (χ2n) is 3.75. The number of hydrogen-bond acceptors (Lipinski definition) is 3. The van der Waals surface area contributed by atoms with Gasteiger partial charge in [-0.3, -0.25) is 0 Å². The predicted octanol–water partition coefficient (Wildman–Crippen LogP) is 1.78. The van der Waals surface area contributed by atoms with E-state index in [1.165, 1.54) is 24.3 Å². The van der Waals surface area contributed by atoms with Crippen molar-refractivity contribution in [1.82, 2.24) is 4.72 Å². The number of halogens is 1. The zero-order valence-electron chi connectivity index (χ0n) is 9.56. The molecule has 96 valence electrons. The third-order valence-corrected chi connectivity index (χ3v) is 3.95. The van der Waals surface area contributed by atoms with Gasteiger partial charge in [-0.2, -0.15) is 0 Å². The van der Waals surface area contributed by atoms with Crippen LogP contribution >= 0.6 is 11.6 Å². The first kappa shape index (κ1) is 14.4. The second kappa shape index (κ2) is 6.35. The second-order valence-corrected chi connectivity index (χ2v) is 5.95. The number of aliphatic hydroxyl groups is 1. The van der Waals surface area contributed by atoms with Crippen LogP contribution < -0.4 is 4.72 Å². The average molecular weight is 278 g/mol. The van der Waals surface area contributed by atoms with Gasteiger partial charge >= 0.3 is 0 Å². The summed E-state index contributed by atoms with van der Waals surface area (Å²) in [7, 11) is -3.56. The Labute approximate surface area is 107 Å². The van der Waals surface area contributed by atoms with Crippen LogP contribution in [0.2, 0.25) is 5.02 Å². The molecule has 1 unspecified atom stereocenters. The minimum atomic E-state index is -3.56. The first-order valence-corrected chi connectivity index (χ1v) is 7.25. The molecule has 0 radical (unpaired) electrons. The van der Waals surface area contributed by atoms with Gasteiger partial charge in [0, 0.05) is 11.6 Å². The van der Waals surface area contributed by atoms with Gasteiger partial charge in [-0.25, -0.2) is 13.1 Å². The summed E-state index contributed by atoms with van der Waals surface area (Å²) in [4.78, 5) is 0.144. The van der Waals surface area contributed by atoms with Crippen LogP contribution in [0.5, 0.6) is 0 Å². The van der Waals surface area contributed by atoms with Crippen molar-refractivity contribution >= 4 is 21.6 Å². The lowest BCUT2D eigenvalue weighted by atomic mass is 10.2. The summed E-state index contributed by atoms with van der Waals surface area (Å²) in [5.41, 5.74) is 0. The van der Waals surface area contributed by atoms with Crippen molar-refractivity contribution in [2.24, 2.45) is 0 Å². The Kier molecular flexibility index (Phi) is 5.39. The van der Waals surface area contributed by atoms with E-state index in [0.717, 1.165) is 6.42 Å². The van der Waals surface area contributed by atoms with Gasteiger partial charge in [0.1, 0.15) is 0 Å². The van der Waals surface area contributed by atoms with E-state index in [2.05, 4.69) is 4.72 Å². The van der Waals surface area contributed by atoms with Crippen molar-refractivity contribution in [2.45, 2.75) is 30.8 Å². The molecule has 0 bridgehead atoms. The molecule has 0 aliphatic carbocycles. The Balaban J connectivity index is 2.66. The van der Waals surface area contributed by atoms with Crippen molar-refractivity contribution in [3.8, 4) is 0 Å². The Morgan fingerprint density at radius 3 is 2.47 bits per heavy atom. The largest absolute Gasteiger partial charge is 0.392 e. The molecule has 2 N–H and O–H groups in total. The Bertz CT molecular complexity index is 444. The first-order valence-electron chi connectivity index (χ1n) is 5.39. The van der Waals surface area contributed by atoms with Gasteiger partial charge in [-0.1, -0.05) is 24.9 Å². The smallest absolute Gasteiger partial charge is 0.240 e. The number of hydrogen-bond donors (Lipinski definition) is 2. The van der Waals surface area contributed by atoms with E-state index in [0.29, 0.717) is 11.4 Å². The summed E-state index contributed by atoms with van der Waals surface area (Å²) in [5, 5.41) is 9.94. The van der Waals surface area contributed by atoms with Crippen molar-refractivity contribution in [2.75, 3.05) is 6.54 Å². The van der Waals surface area contributed by atoms with Crippen LogP contribution in [0, 0.1) is 0 Å². The highest BCUT2D eigenvalue weighted by molar-refractivity contribution is 7.89. The summed E-state index contributed by atoms with van der Waals surface area (Å²) < 4.78 is 25.9. The zero-order chi connectivity index (χ0) is 12.9. The third kappa shape index (κ3) is 4.63. The summed E-state index contributed by atoms with van der Waals surface area (Å²) >= 11 is 5.68. The zero-order valence-corrected chi connectivity index (χ0v) is 11.1. The number of nitrogens with one attached hydrogen (secondary N) is 1. The highest BCUT2D eigenvalue weighted by Crippen LogP contribution is 2.13. The van der Waals surface area contributed by atoms with Gasteiger partial charge in [-0.05, 0) is 30.7 Å².